The summed E-state index contributed by atoms with van der Waals surface area (Å²) < 4.78 is 0. The summed E-state index contributed by atoms with van der Waals surface area (Å²) in [6.07, 6.45) is 1.77. The fourth-order valence-corrected chi connectivity index (χ4v) is 1.64. The van der Waals surface area contributed by atoms with Crippen molar-refractivity contribution in [2.75, 3.05) is 18.4 Å². The van der Waals surface area contributed by atoms with Gasteiger partial charge in [-0.05, 0) is 23.6 Å². The summed E-state index contributed by atoms with van der Waals surface area (Å²) in [4.78, 5) is 4.26. The molecule has 0 amide bonds. The van der Waals surface area contributed by atoms with Crippen molar-refractivity contribution in [1.82, 2.24) is 4.98 Å². The second-order valence-electron chi connectivity index (χ2n) is 3.24. The first-order valence-corrected chi connectivity index (χ1v) is 5.17. The Kier molecular flexibility index (Phi) is 3.04. The second-order valence-corrected chi connectivity index (χ2v) is 3.68. The van der Waals surface area contributed by atoms with Crippen LogP contribution >= 0.6 is 11.6 Å². The number of nitrogens with one attached hydrogen (secondary N) is 1. The SMILES string of the molecule is NCCNc1nccc2ccc(Cl)cc12. The number of nitrogens with zero attached hydrogens (tertiary/aromatic N) is 1. The first-order valence-electron chi connectivity index (χ1n) is 4.79. The maximum atomic E-state index is 5.94. The molecular weight excluding hydrogens is 210 g/mol. The molecule has 0 saturated carbocycles. The molecule has 1 heterocycles. The molecule has 0 unspecified atom stereocenters. The molecule has 3 nitrogen and oxygen atoms in total. The fraction of sp³-hybridized carbons (Fsp3) is 0.182. The Balaban J connectivity index is 2.48. The minimum Gasteiger partial charge on any atom is -0.368 e. The van der Waals surface area contributed by atoms with Crippen LogP contribution in [0.3, 0.4) is 0 Å². The van der Waals surface area contributed by atoms with E-state index in [2.05, 4.69) is 10.3 Å². The summed E-state index contributed by atoms with van der Waals surface area (Å²) in [7, 11) is 0. The number of anilines is 1. The Morgan fingerprint density at radius 3 is 3.00 bits per heavy atom. The van der Waals surface area contributed by atoms with E-state index in [1.807, 2.05) is 24.3 Å². The number of halogens is 1. The fourth-order valence-electron chi connectivity index (χ4n) is 1.47. The number of rotatable bonds is 3. The molecule has 78 valence electrons. The molecule has 15 heavy (non-hydrogen) atoms. The van der Waals surface area contributed by atoms with Gasteiger partial charge in [0.1, 0.15) is 5.82 Å². The predicted molar refractivity (Wildman–Crippen MR) is 64.3 cm³/mol. The smallest absolute Gasteiger partial charge is 0.133 e. The molecule has 0 aliphatic heterocycles. The van der Waals surface area contributed by atoms with Gasteiger partial charge in [-0.1, -0.05) is 17.7 Å². The molecule has 3 N–H and O–H groups in total. The lowest BCUT2D eigenvalue weighted by Gasteiger charge is -2.07. The van der Waals surface area contributed by atoms with Crippen LogP contribution in [-0.2, 0) is 0 Å². The minimum absolute atomic E-state index is 0.582. The Hall–Kier alpha value is -1.32. The van der Waals surface area contributed by atoms with Gasteiger partial charge in [-0.2, -0.15) is 0 Å². The van der Waals surface area contributed by atoms with Crippen molar-refractivity contribution < 1.29 is 0 Å². The van der Waals surface area contributed by atoms with Crippen molar-refractivity contribution >= 4 is 28.2 Å². The van der Waals surface area contributed by atoms with Gasteiger partial charge in [-0.15, -0.1) is 0 Å². The van der Waals surface area contributed by atoms with Crippen LogP contribution in [0.5, 0.6) is 0 Å². The van der Waals surface area contributed by atoms with Gasteiger partial charge in [0.25, 0.3) is 0 Å². The summed E-state index contributed by atoms with van der Waals surface area (Å²) in [6.45, 7) is 1.29. The zero-order chi connectivity index (χ0) is 10.7. The Morgan fingerprint density at radius 2 is 2.20 bits per heavy atom. The third kappa shape index (κ3) is 2.19. The van der Waals surface area contributed by atoms with Gasteiger partial charge in [0, 0.05) is 29.7 Å². The third-order valence-electron chi connectivity index (χ3n) is 2.16. The molecule has 0 spiro atoms. The second kappa shape index (κ2) is 4.47. The van der Waals surface area contributed by atoms with Gasteiger partial charge in [-0.25, -0.2) is 4.98 Å². The lowest BCUT2D eigenvalue weighted by atomic mass is 10.1. The zero-order valence-corrected chi connectivity index (χ0v) is 8.96. The molecule has 0 radical (unpaired) electrons. The number of nitrogens with two attached hydrogens (primary N) is 1. The molecule has 0 saturated heterocycles. The number of hydrogen-bond donors (Lipinski definition) is 2. The standard InChI is InChI=1S/C11H12ClN3/c12-9-2-1-8-3-5-14-11(10(8)7-9)15-6-4-13/h1-3,5,7H,4,6,13H2,(H,14,15). The summed E-state index contributed by atoms with van der Waals surface area (Å²) in [6, 6.07) is 7.71. The van der Waals surface area contributed by atoms with Crippen molar-refractivity contribution in [3.8, 4) is 0 Å². The highest BCUT2D eigenvalue weighted by Crippen LogP contribution is 2.24. The van der Waals surface area contributed by atoms with Gasteiger partial charge >= 0.3 is 0 Å². The van der Waals surface area contributed by atoms with E-state index in [1.165, 1.54) is 0 Å². The topological polar surface area (TPSA) is 50.9 Å². The van der Waals surface area contributed by atoms with Crippen LogP contribution in [-0.4, -0.2) is 18.1 Å². The van der Waals surface area contributed by atoms with Crippen LogP contribution in [0.15, 0.2) is 30.5 Å². The molecule has 0 aliphatic rings. The number of aromatic nitrogens is 1. The summed E-state index contributed by atoms with van der Waals surface area (Å²) in [5.74, 6) is 0.834. The molecule has 0 atom stereocenters. The summed E-state index contributed by atoms with van der Waals surface area (Å²) >= 11 is 5.94. The van der Waals surface area contributed by atoms with E-state index in [0.717, 1.165) is 16.6 Å². The number of hydrogen-bond acceptors (Lipinski definition) is 3. The number of fused-ring (bicyclic) bond motifs is 1. The van der Waals surface area contributed by atoms with Crippen LogP contribution in [0, 0.1) is 0 Å². The van der Waals surface area contributed by atoms with Crippen LogP contribution in [0.25, 0.3) is 10.8 Å². The zero-order valence-electron chi connectivity index (χ0n) is 8.20. The number of benzene rings is 1. The van der Waals surface area contributed by atoms with E-state index in [0.29, 0.717) is 18.1 Å². The molecule has 1 aromatic carbocycles. The predicted octanol–water partition coefficient (Wildman–Crippen LogP) is 2.26. The van der Waals surface area contributed by atoms with Gasteiger partial charge in [0.05, 0.1) is 0 Å². The average Bonchev–Trinajstić information content (AvgIpc) is 2.26. The average molecular weight is 222 g/mol. The maximum absolute atomic E-state index is 5.94. The molecule has 0 fully saturated rings. The van der Waals surface area contributed by atoms with Gasteiger partial charge in [0.15, 0.2) is 0 Å². The highest BCUT2D eigenvalue weighted by atomic mass is 35.5. The normalized spacial score (nSPS) is 10.5. The monoisotopic (exact) mass is 221 g/mol. The van der Waals surface area contributed by atoms with Crippen molar-refractivity contribution in [2.45, 2.75) is 0 Å². The lowest BCUT2D eigenvalue weighted by Crippen LogP contribution is -2.13. The highest BCUT2D eigenvalue weighted by molar-refractivity contribution is 6.31. The van der Waals surface area contributed by atoms with Gasteiger partial charge in [-0.3, -0.25) is 0 Å². The molecular formula is C11H12ClN3. The van der Waals surface area contributed by atoms with Gasteiger partial charge in [0.2, 0.25) is 0 Å². The first-order chi connectivity index (χ1) is 7.31. The number of pyridine rings is 1. The quantitative estimate of drug-likeness (QED) is 0.836. The lowest BCUT2D eigenvalue weighted by molar-refractivity contribution is 1.02. The van der Waals surface area contributed by atoms with Crippen LogP contribution < -0.4 is 11.1 Å². The van der Waals surface area contributed by atoms with Crippen molar-refractivity contribution in [2.24, 2.45) is 5.73 Å². The maximum Gasteiger partial charge on any atom is 0.133 e. The van der Waals surface area contributed by atoms with Crippen LogP contribution in [0.1, 0.15) is 0 Å². The van der Waals surface area contributed by atoms with E-state index in [1.54, 1.807) is 6.20 Å². The molecule has 2 rings (SSSR count). The van der Waals surface area contributed by atoms with E-state index in [9.17, 15) is 0 Å². The first kappa shape index (κ1) is 10.2. The van der Waals surface area contributed by atoms with Crippen molar-refractivity contribution in [3.05, 3.63) is 35.5 Å². The van der Waals surface area contributed by atoms with E-state index in [4.69, 9.17) is 17.3 Å². The van der Waals surface area contributed by atoms with E-state index in [-0.39, 0.29) is 0 Å². The third-order valence-corrected chi connectivity index (χ3v) is 2.40. The summed E-state index contributed by atoms with van der Waals surface area (Å²) in [5.41, 5.74) is 5.43. The van der Waals surface area contributed by atoms with Crippen molar-refractivity contribution in [3.63, 3.8) is 0 Å². The Bertz CT molecular complexity index is 470. The molecule has 1 aromatic heterocycles. The van der Waals surface area contributed by atoms with Gasteiger partial charge < -0.3 is 11.1 Å². The van der Waals surface area contributed by atoms with Crippen molar-refractivity contribution in [1.29, 1.82) is 0 Å². The Morgan fingerprint density at radius 1 is 1.33 bits per heavy atom. The summed E-state index contributed by atoms with van der Waals surface area (Å²) in [5, 5.41) is 6.03. The molecule has 2 aromatic rings. The molecule has 0 bridgehead atoms. The Labute approximate surface area is 93.3 Å². The highest BCUT2D eigenvalue weighted by Gasteiger charge is 2.01. The van der Waals surface area contributed by atoms with E-state index < -0.39 is 0 Å². The van der Waals surface area contributed by atoms with Crippen LogP contribution in [0.4, 0.5) is 5.82 Å². The van der Waals surface area contributed by atoms with Crippen LogP contribution in [0.2, 0.25) is 5.02 Å². The van der Waals surface area contributed by atoms with E-state index >= 15 is 0 Å². The minimum atomic E-state index is 0.582. The molecule has 4 heteroatoms. The molecule has 0 aliphatic carbocycles. The largest absolute Gasteiger partial charge is 0.368 e.